The Kier molecular flexibility index (Phi) is 6.79. The van der Waals surface area contributed by atoms with Crippen molar-refractivity contribution in [1.29, 1.82) is 0 Å². The molecule has 6 heteroatoms. The highest BCUT2D eigenvalue weighted by Crippen LogP contribution is 2.44. The molecule has 0 unspecified atom stereocenters. The van der Waals surface area contributed by atoms with Gasteiger partial charge in [-0.25, -0.2) is 4.39 Å². The highest BCUT2D eigenvalue weighted by Gasteiger charge is 2.47. The molecule has 0 N–H and O–H groups in total. The lowest BCUT2D eigenvalue weighted by Gasteiger charge is -2.44. The van der Waals surface area contributed by atoms with Crippen molar-refractivity contribution in [2.75, 3.05) is 25.4 Å². The average molecular weight is 393 g/mol. The number of carbonyl (C=O) groups excluding carboxylic acids is 2. The van der Waals surface area contributed by atoms with Gasteiger partial charge >= 0.3 is 0 Å². The van der Waals surface area contributed by atoms with E-state index in [1.807, 2.05) is 9.80 Å². The van der Waals surface area contributed by atoms with E-state index in [-0.39, 0.29) is 22.2 Å². The van der Waals surface area contributed by atoms with Crippen LogP contribution >= 0.6 is 11.8 Å². The van der Waals surface area contributed by atoms with Gasteiger partial charge in [0, 0.05) is 31.8 Å². The van der Waals surface area contributed by atoms with Gasteiger partial charge in [0.15, 0.2) is 0 Å². The maximum Gasteiger partial charge on any atom is 0.257 e. The van der Waals surface area contributed by atoms with Gasteiger partial charge in [0.25, 0.3) is 5.91 Å². The number of likely N-dealkylation sites (tertiary alicyclic amines) is 1. The lowest BCUT2D eigenvalue weighted by Crippen LogP contribution is -2.53. The topological polar surface area (TPSA) is 40.6 Å². The molecule has 2 aliphatic heterocycles. The molecular weight excluding hydrogens is 363 g/mol. The number of unbranched alkanes of at least 4 members (excludes halogenated alkanes) is 3. The molecule has 0 saturated carbocycles. The Morgan fingerprint density at radius 3 is 2.56 bits per heavy atom. The van der Waals surface area contributed by atoms with E-state index in [2.05, 4.69) is 6.92 Å². The number of benzene rings is 1. The fourth-order valence-corrected chi connectivity index (χ4v) is 5.51. The standard InChI is InChI=1S/C21H29FN2O2S/c1-2-3-4-5-10-19(25)23-13-11-21(12-14-23)24(15-16-27-21)20(26)17-8-6-7-9-18(17)22/h6-9H,2-5,10-16H2,1H3. The highest BCUT2D eigenvalue weighted by atomic mass is 32.2. The van der Waals surface area contributed by atoms with Crippen molar-refractivity contribution in [3.05, 3.63) is 35.6 Å². The van der Waals surface area contributed by atoms with Gasteiger partial charge in [-0.2, -0.15) is 0 Å². The molecule has 0 bridgehead atoms. The quantitative estimate of drug-likeness (QED) is 0.678. The zero-order chi connectivity index (χ0) is 19.3. The van der Waals surface area contributed by atoms with E-state index >= 15 is 0 Å². The van der Waals surface area contributed by atoms with Gasteiger partial charge in [0.05, 0.1) is 10.4 Å². The van der Waals surface area contributed by atoms with Crippen LogP contribution in [-0.4, -0.2) is 51.9 Å². The number of hydrogen-bond donors (Lipinski definition) is 0. The van der Waals surface area contributed by atoms with Gasteiger partial charge in [-0.3, -0.25) is 9.59 Å². The molecule has 2 aliphatic rings. The average Bonchev–Trinajstić information content (AvgIpc) is 3.08. The van der Waals surface area contributed by atoms with Crippen molar-refractivity contribution in [3.63, 3.8) is 0 Å². The minimum atomic E-state index is -0.464. The van der Waals surface area contributed by atoms with Crippen LogP contribution in [0.5, 0.6) is 0 Å². The summed E-state index contributed by atoms with van der Waals surface area (Å²) in [6.07, 6.45) is 6.57. The summed E-state index contributed by atoms with van der Waals surface area (Å²) >= 11 is 1.79. The van der Waals surface area contributed by atoms with E-state index < -0.39 is 5.82 Å². The van der Waals surface area contributed by atoms with Crippen molar-refractivity contribution in [3.8, 4) is 0 Å². The van der Waals surface area contributed by atoms with Crippen LogP contribution in [0.4, 0.5) is 4.39 Å². The largest absolute Gasteiger partial charge is 0.342 e. The molecule has 2 amide bonds. The lowest BCUT2D eigenvalue weighted by molar-refractivity contribution is -0.132. The first-order chi connectivity index (χ1) is 13.1. The normalized spacial score (nSPS) is 18.9. The van der Waals surface area contributed by atoms with Crippen molar-refractivity contribution in [2.24, 2.45) is 0 Å². The van der Waals surface area contributed by atoms with E-state index in [1.54, 1.807) is 30.0 Å². The molecule has 1 aromatic rings. The van der Waals surface area contributed by atoms with Gasteiger partial charge in [-0.1, -0.05) is 38.3 Å². The van der Waals surface area contributed by atoms with Crippen LogP contribution in [0.15, 0.2) is 24.3 Å². The summed E-state index contributed by atoms with van der Waals surface area (Å²) in [6, 6.07) is 6.20. The smallest absolute Gasteiger partial charge is 0.257 e. The van der Waals surface area contributed by atoms with Crippen LogP contribution in [-0.2, 0) is 4.79 Å². The zero-order valence-electron chi connectivity index (χ0n) is 16.1. The minimum Gasteiger partial charge on any atom is -0.342 e. The monoisotopic (exact) mass is 392 g/mol. The molecule has 2 heterocycles. The number of amides is 2. The Balaban J connectivity index is 1.60. The van der Waals surface area contributed by atoms with Gasteiger partial charge in [-0.05, 0) is 31.4 Å². The Bertz CT molecular complexity index is 674. The molecule has 0 atom stereocenters. The predicted molar refractivity (Wildman–Crippen MR) is 107 cm³/mol. The number of thioether (sulfide) groups is 1. The highest BCUT2D eigenvalue weighted by molar-refractivity contribution is 8.00. The second-order valence-electron chi connectivity index (χ2n) is 7.42. The minimum absolute atomic E-state index is 0.147. The molecule has 4 nitrogen and oxygen atoms in total. The van der Waals surface area contributed by atoms with E-state index in [4.69, 9.17) is 0 Å². The Morgan fingerprint density at radius 1 is 1.11 bits per heavy atom. The molecule has 0 aromatic heterocycles. The van der Waals surface area contributed by atoms with Gasteiger partial charge in [0.1, 0.15) is 5.82 Å². The maximum absolute atomic E-state index is 14.1. The van der Waals surface area contributed by atoms with Crippen LogP contribution in [0.2, 0.25) is 0 Å². The molecule has 1 spiro atoms. The second kappa shape index (κ2) is 9.09. The van der Waals surface area contributed by atoms with E-state index in [0.717, 1.165) is 31.4 Å². The molecule has 2 saturated heterocycles. The zero-order valence-corrected chi connectivity index (χ0v) is 16.9. The van der Waals surface area contributed by atoms with Crippen LogP contribution in [0.1, 0.15) is 62.2 Å². The fraction of sp³-hybridized carbons (Fsp3) is 0.619. The van der Waals surface area contributed by atoms with Crippen LogP contribution in [0.3, 0.4) is 0 Å². The molecule has 3 rings (SSSR count). The Hall–Kier alpha value is -1.56. The predicted octanol–water partition coefficient (Wildman–Crippen LogP) is 4.30. The molecule has 2 fully saturated rings. The third-order valence-corrected chi connectivity index (χ3v) is 7.22. The van der Waals surface area contributed by atoms with Gasteiger partial charge in [0.2, 0.25) is 5.91 Å². The number of piperidine rings is 1. The van der Waals surface area contributed by atoms with Crippen molar-refractivity contribution < 1.29 is 14.0 Å². The summed E-state index contributed by atoms with van der Waals surface area (Å²) in [5.74, 6) is 0.410. The molecule has 27 heavy (non-hydrogen) atoms. The lowest BCUT2D eigenvalue weighted by atomic mass is 10.00. The second-order valence-corrected chi connectivity index (χ2v) is 8.88. The molecule has 0 aliphatic carbocycles. The summed E-state index contributed by atoms with van der Waals surface area (Å²) in [5, 5.41) is 0. The van der Waals surface area contributed by atoms with Crippen LogP contribution in [0, 0.1) is 5.82 Å². The Morgan fingerprint density at radius 2 is 1.85 bits per heavy atom. The number of nitrogens with zero attached hydrogens (tertiary/aromatic N) is 2. The van der Waals surface area contributed by atoms with E-state index in [1.165, 1.54) is 18.9 Å². The molecule has 0 radical (unpaired) electrons. The molecule has 148 valence electrons. The van der Waals surface area contributed by atoms with Gasteiger partial charge < -0.3 is 9.80 Å². The number of carbonyl (C=O) groups is 2. The third kappa shape index (κ3) is 4.48. The van der Waals surface area contributed by atoms with E-state index in [0.29, 0.717) is 26.1 Å². The third-order valence-electron chi connectivity index (χ3n) is 5.67. The van der Waals surface area contributed by atoms with Crippen molar-refractivity contribution >= 4 is 23.6 Å². The number of rotatable bonds is 6. The first kappa shape index (κ1) is 20.2. The summed E-state index contributed by atoms with van der Waals surface area (Å²) in [4.78, 5) is 28.9. The summed E-state index contributed by atoms with van der Waals surface area (Å²) in [6.45, 7) is 4.17. The summed E-state index contributed by atoms with van der Waals surface area (Å²) < 4.78 is 14.1. The fourth-order valence-electron chi connectivity index (χ4n) is 4.06. The summed E-state index contributed by atoms with van der Waals surface area (Å²) in [7, 11) is 0. The van der Waals surface area contributed by atoms with Crippen molar-refractivity contribution in [2.45, 2.75) is 56.7 Å². The number of hydrogen-bond acceptors (Lipinski definition) is 3. The van der Waals surface area contributed by atoms with Crippen molar-refractivity contribution in [1.82, 2.24) is 9.80 Å². The molecule has 1 aromatic carbocycles. The van der Waals surface area contributed by atoms with E-state index in [9.17, 15) is 14.0 Å². The Labute approximate surface area is 165 Å². The summed E-state index contributed by atoms with van der Waals surface area (Å²) in [5.41, 5.74) is 0.147. The van der Waals surface area contributed by atoms with Crippen LogP contribution < -0.4 is 0 Å². The first-order valence-electron chi connectivity index (χ1n) is 10.1. The number of halogens is 1. The van der Waals surface area contributed by atoms with Gasteiger partial charge in [-0.15, -0.1) is 11.8 Å². The first-order valence-corrected chi connectivity index (χ1v) is 11.0. The van der Waals surface area contributed by atoms with Crippen LogP contribution in [0.25, 0.3) is 0 Å². The maximum atomic E-state index is 14.1. The molecular formula is C21H29FN2O2S. The SMILES string of the molecule is CCCCCCC(=O)N1CCC2(CC1)SCCN2C(=O)c1ccccc1F.